The highest BCUT2D eigenvalue weighted by molar-refractivity contribution is 5.73. The summed E-state index contributed by atoms with van der Waals surface area (Å²) in [6, 6.07) is 13.2. The minimum atomic E-state index is -4.38. The normalized spacial score (nSPS) is 13.6. The minimum absolute atomic E-state index is 0.402. The molecule has 0 spiro atoms. The van der Waals surface area contributed by atoms with Crippen LogP contribution in [0.4, 0.5) is 19.0 Å². The van der Waals surface area contributed by atoms with Crippen molar-refractivity contribution < 1.29 is 13.2 Å². The highest BCUT2D eigenvalue weighted by Crippen LogP contribution is 2.36. The van der Waals surface area contributed by atoms with Gasteiger partial charge in [-0.25, -0.2) is 4.68 Å². The van der Waals surface area contributed by atoms with Crippen LogP contribution in [0, 0.1) is 6.92 Å². The average Bonchev–Trinajstić information content (AvgIpc) is 3.16. The predicted molar refractivity (Wildman–Crippen MR) is 90.9 cm³/mol. The third-order valence-electron chi connectivity index (χ3n) is 4.36. The molecule has 1 aliphatic heterocycles. The molecule has 0 saturated carbocycles. The number of hydrogen-bond donors (Lipinski definition) is 1. The van der Waals surface area contributed by atoms with Gasteiger partial charge in [0, 0.05) is 17.7 Å². The molecule has 0 atom stereocenters. The van der Waals surface area contributed by atoms with Crippen LogP contribution in [0.1, 0.15) is 16.7 Å². The van der Waals surface area contributed by atoms with Gasteiger partial charge in [-0.15, -0.1) is 0 Å². The summed E-state index contributed by atoms with van der Waals surface area (Å²) >= 11 is 0. The van der Waals surface area contributed by atoms with Gasteiger partial charge in [-0.3, -0.25) is 0 Å². The molecule has 0 amide bonds. The van der Waals surface area contributed by atoms with Gasteiger partial charge in [0.2, 0.25) is 0 Å². The molecule has 1 N–H and O–H groups in total. The van der Waals surface area contributed by atoms with Gasteiger partial charge in [0.1, 0.15) is 5.82 Å². The lowest BCUT2D eigenvalue weighted by Crippen LogP contribution is -2.08. The van der Waals surface area contributed by atoms with E-state index in [2.05, 4.69) is 10.4 Å². The first-order valence-corrected chi connectivity index (χ1v) is 8.04. The summed E-state index contributed by atoms with van der Waals surface area (Å²) in [6.45, 7) is 2.76. The first-order valence-electron chi connectivity index (χ1n) is 8.04. The van der Waals surface area contributed by atoms with Crippen LogP contribution in [-0.4, -0.2) is 16.3 Å². The number of halogens is 3. The highest BCUT2D eigenvalue weighted by atomic mass is 19.4. The van der Waals surface area contributed by atoms with Crippen LogP contribution in [0.25, 0.3) is 16.9 Å². The van der Waals surface area contributed by atoms with Crippen LogP contribution in [0.2, 0.25) is 0 Å². The van der Waals surface area contributed by atoms with Crippen molar-refractivity contribution in [1.82, 2.24) is 9.78 Å². The molecule has 0 aliphatic carbocycles. The Kier molecular flexibility index (Phi) is 3.56. The molecule has 0 unspecified atom stereocenters. The van der Waals surface area contributed by atoms with Crippen LogP contribution < -0.4 is 5.32 Å². The Labute approximate surface area is 143 Å². The SMILES string of the molecule is Cc1cccc(-c2nn(-c3cccc(C(F)(F)F)c3)c3c2CCN3)c1. The van der Waals surface area contributed by atoms with Crippen LogP contribution in [0.15, 0.2) is 48.5 Å². The summed E-state index contributed by atoms with van der Waals surface area (Å²) in [5.41, 5.74) is 3.68. The van der Waals surface area contributed by atoms with Crippen molar-refractivity contribution in [1.29, 1.82) is 0 Å². The van der Waals surface area contributed by atoms with E-state index in [1.165, 1.54) is 6.07 Å². The van der Waals surface area contributed by atoms with Crippen LogP contribution in [0.3, 0.4) is 0 Å². The molecule has 0 saturated heterocycles. The van der Waals surface area contributed by atoms with E-state index in [1.807, 2.05) is 31.2 Å². The summed E-state index contributed by atoms with van der Waals surface area (Å²) in [6.07, 6.45) is -3.57. The number of aromatic nitrogens is 2. The Balaban J connectivity index is 1.86. The summed E-state index contributed by atoms with van der Waals surface area (Å²) < 4.78 is 40.7. The van der Waals surface area contributed by atoms with E-state index in [-0.39, 0.29) is 0 Å². The number of nitrogens with zero attached hydrogens (tertiary/aromatic N) is 2. The molecule has 6 heteroatoms. The van der Waals surface area contributed by atoms with Crippen molar-refractivity contribution in [3.05, 3.63) is 65.2 Å². The second kappa shape index (κ2) is 5.65. The number of alkyl halides is 3. The third-order valence-corrected chi connectivity index (χ3v) is 4.36. The van der Waals surface area contributed by atoms with Gasteiger partial charge >= 0.3 is 6.18 Å². The van der Waals surface area contributed by atoms with Crippen LogP contribution >= 0.6 is 0 Å². The Hall–Kier alpha value is -2.76. The summed E-state index contributed by atoms with van der Waals surface area (Å²) in [7, 11) is 0. The second-order valence-corrected chi connectivity index (χ2v) is 6.18. The molecule has 25 heavy (non-hydrogen) atoms. The van der Waals surface area contributed by atoms with E-state index >= 15 is 0 Å². The lowest BCUT2D eigenvalue weighted by molar-refractivity contribution is -0.137. The van der Waals surface area contributed by atoms with E-state index in [9.17, 15) is 13.2 Å². The molecular formula is C19H16F3N3. The first-order chi connectivity index (χ1) is 11.9. The van der Waals surface area contributed by atoms with Crippen LogP contribution in [-0.2, 0) is 12.6 Å². The largest absolute Gasteiger partial charge is 0.416 e. The number of benzene rings is 2. The average molecular weight is 343 g/mol. The summed E-state index contributed by atoms with van der Waals surface area (Å²) in [5.74, 6) is 0.774. The topological polar surface area (TPSA) is 29.9 Å². The van der Waals surface area contributed by atoms with Gasteiger partial charge in [0.25, 0.3) is 0 Å². The van der Waals surface area contributed by atoms with E-state index in [1.54, 1.807) is 10.7 Å². The van der Waals surface area contributed by atoms with Crippen LogP contribution in [0.5, 0.6) is 0 Å². The zero-order chi connectivity index (χ0) is 17.6. The number of fused-ring (bicyclic) bond motifs is 1. The molecule has 0 radical (unpaired) electrons. The monoisotopic (exact) mass is 343 g/mol. The Morgan fingerprint density at radius 2 is 1.88 bits per heavy atom. The molecular weight excluding hydrogens is 327 g/mol. The predicted octanol–water partition coefficient (Wildman–Crippen LogP) is 4.83. The molecule has 2 heterocycles. The third kappa shape index (κ3) is 2.77. The zero-order valence-electron chi connectivity index (χ0n) is 13.6. The second-order valence-electron chi connectivity index (χ2n) is 6.18. The maximum atomic E-state index is 13.0. The lowest BCUT2D eigenvalue weighted by atomic mass is 10.0. The standard InChI is InChI=1S/C19H16F3N3/c1-12-4-2-5-13(10-12)17-16-8-9-23-18(16)25(24-17)15-7-3-6-14(11-15)19(20,21)22/h2-7,10-11,23H,8-9H2,1H3. The number of nitrogens with one attached hydrogen (secondary N) is 1. The van der Waals surface area contributed by atoms with Crippen molar-refractivity contribution in [2.24, 2.45) is 0 Å². The zero-order valence-corrected chi connectivity index (χ0v) is 13.6. The fourth-order valence-corrected chi connectivity index (χ4v) is 3.20. The Morgan fingerprint density at radius 3 is 2.64 bits per heavy atom. The van der Waals surface area contributed by atoms with Crippen molar-refractivity contribution in [2.45, 2.75) is 19.5 Å². The smallest absolute Gasteiger partial charge is 0.369 e. The minimum Gasteiger partial charge on any atom is -0.369 e. The van der Waals surface area contributed by atoms with Crippen molar-refractivity contribution in [2.75, 3.05) is 11.9 Å². The number of hydrogen-bond acceptors (Lipinski definition) is 2. The van der Waals surface area contributed by atoms with Gasteiger partial charge in [0.05, 0.1) is 16.9 Å². The number of anilines is 1. The molecule has 4 rings (SSSR count). The Morgan fingerprint density at radius 1 is 1.08 bits per heavy atom. The molecule has 3 aromatic rings. The molecule has 0 bridgehead atoms. The fourth-order valence-electron chi connectivity index (χ4n) is 3.20. The first kappa shape index (κ1) is 15.7. The van der Waals surface area contributed by atoms with Crippen molar-refractivity contribution in [3.63, 3.8) is 0 Å². The van der Waals surface area contributed by atoms with Gasteiger partial charge in [0.15, 0.2) is 0 Å². The van der Waals surface area contributed by atoms with E-state index in [0.29, 0.717) is 5.69 Å². The highest BCUT2D eigenvalue weighted by Gasteiger charge is 2.31. The summed E-state index contributed by atoms with van der Waals surface area (Å²) in [5, 5.41) is 7.87. The van der Waals surface area contributed by atoms with E-state index in [4.69, 9.17) is 0 Å². The van der Waals surface area contributed by atoms with Crippen molar-refractivity contribution in [3.8, 4) is 16.9 Å². The van der Waals surface area contributed by atoms with E-state index < -0.39 is 11.7 Å². The van der Waals surface area contributed by atoms with Gasteiger partial charge < -0.3 is 5.32 Å². The maximum Gasteiger partial charge on any atom is 0.416 e. The molecule has 0 fully saturated rings. The molecule has 128 valence electrons. The maximum absolute atomic E-state index is 13.0. The summed E-state index contributed by atoms with van der Waals surface area (Å²) in [4.78, 5) is 0. The Bertz CT molecular complexity index is 941. The molecule has 1 aromatic heterocycles. The quantitative estimate of drug-likeness (QED) is 0.722. The fraction of sp³-hybridized carbons (Fsp3) is 0.211. The number of rotatable bonds is 2. The van der Waals surface area contributed by atoms with Gasteiger partial charge in [-0.2, -0.15) is 18.3 Å². The van der Waals surface area contributed by atoms with Gasteiger partial charge in [-0.05, 0) is 37.6 Å². The molecule has 2 aromatic carbocycles. The lowest BCUT2D eigenvalue weighted by Gasteiger charge is -2.10. The molecule has 1 aliphatic rings. The number of aryl methyl sites for hydroxylation is 1. The van der Waals surface area contributed by atoms with E-state index in [0.717, 1.165) is 53.3 Å². The van der Waals surface area contributed by atoms with Crippen molar-refractivity contribution >= 4 is 5.82 Å². The molecule has 3 nitrogen and oxygen atoms in total. The van der Waals surface area contributed by atoms with Gasteiger partial charge in [-0.1, -0.05) is 29.8 Å².